The molecule has 0 saturated carbocycles. The number of halogens is 3. The minimum Gasteiger partial charge on any atom is -0.436 e. The summed E-state index contributed by atoms with van der Waals surface area (Å²) in [7, 11) is 1.65. The maximum absolute atomic E-state index is 10.8. The van der Waals surface area contributed by atoms with Gasteiger partial charge in [0.15, 0.2) is 5.75 Å². The van der Waals surface area contributed by atoms with Gasteiger partial charge in [-0.15, -0.1) is 0 Å². The van der Waals surface area contributed by atoms with Crippen molar-refractivity contribution in [1.82, 2.24) is 4.98 Å². The zero-order valence-electron chi connectivity index (χ0n) is 10.6. The first kappa shape index (κ1) is 15.8. The molecule has 21 heavy (non-hydrogen) atoms. The molecule has 1 aromatic carbocycles. The molecule has 0 unspecified atom stereocenters. The topological polar surface area (TPSA) is 77.3 Å². The van der Waals surface area contributed by atoms with Gasteiger partial charge in [-0.3, -0.25) is 10.1 Å². The van der Waals surface area contributed by atoms with Gasteiger partial charge in [0.25, 0.3) is 5.69 Å². The quantitative estimate of drug-likeness (QED) is 0.591. The summed E-state index contributed by atoms with van der Waals surface area (Å²) in [6.45, 7) is 0. The van der Waals surface area contributed by atoms with Gasteiger partial charge in [-0.2, -0.15) is 4.98 Å². The van der Waals surface area contributed by atoms with Gasteiger partial charge in [-0.25, -0.2) is 0 Å². The lowest BCUT2D eigenvalue weighted by Crippen LogP contribution is -1.97. The molecule has 1 heterocycles. The molecule has 0 fully saturated rings. The molecule has 2 aromatic rings. The summed E-state index contributed by atoms with van der Waals surface area (Å²) < 4.78 is 6.07. The Kier molecular flexibility index (Phi) is 4.87. The molecule has 0 radical (unpaired) electrons. The Morgan fingerprint density at radius 3 is 2.67 bits per heavy atom. The van der Waals surface area contributed by atoms with E-state index in [2.05, 4.69) is 26.2 Å². The van der Waals surface area contributed by atoms with Crippen LogP contribution >= 0.6 is 39.1 Å². The Morgan fingerprint density at radius 1 is 1.33 bits per heavy atom. The van der Waals surface area contributed by atoms with Crippen LogP contribution in [0.2, 0.25) is 10.0 Å². The van der Waals surface area contributed by atoms with Crippen molar-refractivity contribution in [2.24, 2.45) is 0 Å². The Labute approximate surface area is 138 Å². The van der Waals surface area contributed by atoms with Crippen LogP contribution in [0.5, 0.6) is 11.6 Å². The molecule has 0 amide bonds. The van der Waals surface area contributed by atoms with E-state index in [4.69, 9.17) is 27.9 Å². The molecule has 0 aliphatic carbocycles. The molecule has 110 valence electrons. The van der Waals surface area contributed by atoms with Crippen LogP contribution in [0.3, 0.4) is 0 Å². The number of nitrogens with zero attached hydrogens (tertiary/aromatic N) is 2. The van der Waals surface area contributed by atoms with Crippen molar-refractivity contribution in [2.75, 3.05) is 12.4 Å². The highest BCUT2D eigenvalue weighted by atomic mass is 79.9. The van der Waals surface area contributed by atoms with Gasteiger partial charge < -0.3 is 10.1 Å². The van der Waals surface area contributed by atoms with E-state index in [1.54, 1.807) is 7.05 Å². The second-order valence-electron chi connectivity index (χ2n) is 3.83. The number of nitrogens with one attached hydrogen (secondary N) is 1. The smallest absolute Gasteiger partial charge is 0.273 e. The van der Waals surface area contributed by atoms with Gasteiger partial charge in [0.1, 0.15) is 10.8 Å². The van der Waals surface area contributed by atoms with Crippen molar-refractivity contribution in [3.63, 3.8) is 0 Å². The van der Waals surface area contributed by atoms with Gasteiger partial charge in [-0.1, -0.05) is 23.2 Å². The van der Waals surface area contributed by atoms with Crippen molar-refractivity contribution in [1.29, 1.82) is 0 Å². The first-order valence-electron chi connectivity index (χ1n) is 5.58. The van der Waals surface area contributed by atoms with Crippen molar-refractivity contribution in [3.8, 4) is 11.6 Å². The van der Waals surface area contributed by atoms with Gasteiger partial charge in [-0.05, 0) is 28.1 Å². The largest absolute Gasteiger partial charge is 0.436 e. The molecule has 0 bridgehead atoms. The summed E-state index contributed by atoms with van der Waals surface area (Å²) in [6.07, 6.45) is 0. The fourth-order valence-corrected chi connectivity index (χ4v) is 2.30. The van der Waals surface area contributed by atoms with E-state index in [0.717, 1.165) is 0 Å². The highest BCUT2D eigenvalue weighted by molar-refractivity contribution is 9.10. The standard InChI is InChI=1S/C12H8BrCl2N3O3/c1-16-11-8(14)5-9(15)12(17-11)21-10-4-6(18(19)20)2-3-7(10)13/h2-5H,1H3,(H,16,17). The molecule has 0 atom stereocenters. The molecule has 1 aromatic heterocycles. The van der Waals surface area contributed by atoms with E-state index in [1.807, 2.05) is 0 Å². The van der Waals surface area contributed by atoms with Gasteiger partial charge >= 0.3 is 0 Å². The van der Waals surface area contributed by atoms with Crippen molar-refractivity contribution in [2.45, 2.75) is 0 Å². The second kappa shape index (κ2) is 6.46. The molecular formula is C12H8BrCl2N3O3. The lowest BCUT2D eigenvalue weighted by atomic mass is 10.3. The number of nitro benzene ring substituents is 1. The minimum absolute atomic E-state index is 0.0895. The fourth-order valence-electron chi connectivity index (χ4n) is 1.48. The van der Waals surface area contributed by atoms with Crippen LogP contribution in [-0.2, 0) is 0 Å². The summed E-state index contributed by atoms with van der Waals surface area (Å²) in [5, 5.41) is 14.1. The lowest BCUT2D eigenvalue weighted by molar-refractivity contribution is -0.384. The highest BCUT2D eigenvalue weighted by Crippen LogP contribution is 2.37. The Bertz CT molecular complexity index is 712. The van der Waals surface area contributed by atoms with E-state index in [1.165, 1.54) is 24.3 Å². The van der Waals surface area contributed by atoms with Crippen LogP contribution in [0.4, 0.5) is 11.5 Å². The minimum atomic E-state index is -0.519. The maximum Gasteiger partial charge on any atom is 0.273 e. The van der Waals surface area contributed by atoms with Crippen LogP contribution in [0.1, 0.15) is 0 Å². The predicted octanol–water partition coefficient (Wildman–Crippen LogP) is 4.89. The fraction of sp³-hybridized carbons (Fsp3) is 0.0833. The van der Waals surface area contributed by atoms with Crippen LogP contribution in [0, 0.1) is 10.1 Å². The average Bonchev–Trinajstić information content (AvgIpc) is 2.43. The van der Waals surface area contributed by atoms with Gasteiger partial charge in [0, 0.05) is 13.1 Å². The molecule has 0 saturated heterocycles. The molecular weight excluding hydrogens is 385 g/mol. The molecule has 6 nitrogen and oxygen atoms in total. The summed E-state index contributed by atoms with van der Waals surface area (Å²) in [4.78, 5) is 14.4. The van der Waals surface area contributed by atoms with Crippen LogP contribution in [0.25, 0.3) is 0 Å². The Balaban J connectivity index is 2.42. The monoisotopic (exact) mass is 391 g/mol. The van der Waals surface area contributed by atoms with E-state index >= 15 is 0 Å². The number of anilines is 1. The second-order valence-corrected chi connectivity index (χ2v) is 5.50. The zero-order chi connectivity index (χ0) is 15.6. The average molecular weight is 393 g/mol. The number of hydrogen-bond acceptors (Lipinski definition) is 5. The Morgan fingerprint density at radius 2 is 2.05 bits per heavy atom. The number of pyridine rings is 1. The summed E-state index contributed by atoms with van der Waals surface area (Å²) in [5.74, 6) is 0.701. The van der Waals surface area contributed by atoms with E-state index in [9.17, 15) is 10.1 Å². The van der Waals surface area contributed by atoms with Crippen LogP contribution < -0.4 is 10.1 Å². The summed E-state index contributed by atoms with van der Waals surface area (Å²) in [5.41, 5.74) is -0.105. The third kappa shape index (κ3) is 3.55. The third-order valence-electron chi connectivity index (χ3n) is 2.47. The van der Waals surface area contributed by atoms with Crippen molar-refractivity contribution in [3.05, 3.63) is 48.9 Å². The lowest BCUT2D eigenvalue weighted by Gasteiger charge is -2.10. The maximum atomic E-state index is 10.8. The molecule has 1 N–H and O–H groups in total. The first-order valence-corrected chi connectivity index (χ1v) is 7.13. The van der Waals surface area contributed by atoms with E-state index < -0.39 is 4.92 Å². The number of non-ortho nitro benzene ring substituents is 1. The SMILES string of the molecule is CNc1nc(Oc2cc([N+](=O)[O-])ccc2Br)c(Cl)cc1Cl. The Hall–Kier alpha value is -1.57. The third-order valence-corrected chi connectivity index (χ3v) is 3.68. The number of hydrogen-bond donors (Lipinski definition) is 1. The highest BCUT2D eigenvalue weighted by Gasteiger charge is 2.15. The normalized spacial score (nSPS) is 10.3. The molecule has 0 aliphatic heterocycles. The summed E-state index contributed by atoms with van der Waals surface area (Å²) >= 11 is 15.2. The molecule has 0 aliphatic rings. The summed E-state index contributed by atoms with van der Waals surface area (Å²) in [6, 6.07) is 5.61. The molecule has 9 heteroatoms. The number of rotatable bonds is 4. The van der Waals surface area contributed by atoms with E-state index in [-0.39, 0.29) is 22.3 Å². The van der Waals surface area contributed by atoms with Gasteiger partial charge in [0.05, 0.1) is 20.5 Å². The number of benzene rings is 1. The van der Waals surface area contributed by atoms with Crippen molar-refractivity contribution >= 4 is 50.6 Å². The molecule has 2 rings (SSSR count). The number of ether oxygens (including phenoxy) is 1. The molecule has 0 spiro atoms. The van der Waals surface area contributed by atoms with Crippen molar-refractivity contribution < 1.29 is 9.66 Å². The van der Waals surface area contributed by atoms with Crippen LogP contribution in [0.15, 0.2) is 28.7 Å². The number of aromatic nitrogens is 1. The first-order chi connectivity index (χ1) is 9.92. The number of nitro groups is 1. The van der Waals surface area contributed by atoms with Crippen LogP contribution in [-0.4, -0.2) is 17.0 Å². The van der Waals surface area contributed by atoms with Gasteiger partial charge in [0.2, 0.25) is 5.88 Å². The zero-order valence-corrected chi connectivity index (χ0v) is 13.7. The van der Waals surface area contributed by atoms with E-state index in [0.29, 0.717) is 15.3 Å². The predicted molar refractivity (Wildman–Crippen MR) is 84.7 cm³/mol.